The van der Waals surface area contributed by atoms with Gasteiger partial charge >= 0.3 is 11.4 Å². The van der Waals surface area contributed by atoms with Crippen molar-refractivity contribution in [3.63, 3.8) is 0 Å². The van der Waals surface area contributed by atoms with Crippen LogP contribution in [0.1, 0.15) is 6.92 Å². The number of hydrogen-bond acceptors (Lipinski definition) is 4. The lowest BCUT2D eigenvalue weighted by Gasteiger charge is -2.02. The number of fused-ring (bicyclic) bond motifs is 1. The first kappa shape index (κ1) is 8.68. The third-order valence-corrected chi connectivity index (χ3v) is 1.98. The molecule has 72 valence electrons. The first-order valence-corrected chi connectivity index (χ1v) is 4.22. The Morgan fingerprint density at radius 1 is 1.50 bits per heavy atom. The van der Waals surface area contributed by atoms with Crippen molar-refractivity contribution >= 4 is 11.0 Å². The van der Waals surface area contributed by atoms with Crippen LogP contribution in [0.15, 0.2) is 32.3 Å². The molecule has 2 rings (SSSR count). The highest BCUT2D eigenvalue weighted by Crippen LogP contribution is 2.02. The normalized spacial score (nSPS) is 10.6. The standard InChI is InChI=1S/C9H8N2O3/c1-2-11-7-6(4-3-5-10-7)8(12)14-9(11)13/h3-5H,2H2,1H3. The predicted octanol–water partition coefficient (Wildman–Crippen LogP) is 0.370. The number of nitrogens with zero attached hydrogens (tertiary/aromatic N) is 2. The monoisotopic (exact) mass is 192 g/mol. The second-order valence-electron chi connectivity index (χ2n) is 2.77. The van der Waals surface area contributed by atoms with E-state index < -0.39 is 11.4 Å². The summed E-state index contributed by atoms with van der Waals surface area (Å²) in [5, 5.41) is 0.328. The van der Waals surface area contributed by atoms with Crippen LogP contribution >= 0.6 is 0 Å². The zero-order valence-electron chi connectivity index (χ0n) is 7.56. The highest BCUT2D eigenvalue weighted by molar-refractivity contribution is 5.72. The SMILES string of the molecule is CCn1c(=O)oc(=O)c2cccnc21. The lowest BCUT2D eigenvalue weighted by atomic mass is 10.3. The Morgan fingerprint density at radius 3 is 3.00 bits per heavy atom. The Kier molecular flexibility index (Phi) is 1.92. The summed E-state index contributed by atoms with van der Waals surface area (Å²) in [6, 6.07) is 3.21. The minimum absolute atomic E-state index is 0.328. The molecule has 14 heavy (non-hydrogen) atoms. The zero-order valence-corrected chi connectivity index (χ0v) is 7.56. The predicted molar refractivity (Wildman–Crippen MR) is 50.2 cm³/mol. The molecule has 5 nitrogen and oxygen atoms in total. The summed E-state index contributed by atoms with van der Waals surface area (Å²) < 4.78 is 5.84. The Hall–Kier alpha value is -1.91. The van der Waals surface area contributed by atoms with Crippen LogP contribution in [-0.4, -0.2) is 9.55 Å². The zero-order chi connectivity index (χ0) is 10.1. The Labute approximate surface area is 78.6 Å². The van der Waals surface area contributed by atoms with Gasteiger partial charge in [-0.25, -0.2) is 14.6 Å². The molecular weight excluding hydrogens is 184 g/mol. The topological polar surface area (TPSA) is 65.1 Å². The fourth-order valence-corrected chi connectivity index (χ4v) is 1.33. The third kappa shape index (κ3) is 1.14. The minimum Gasteiger partial charge on any atom is -0.372 e. The van der Waals surface area contributed by atoms with Crippen LogP contribution in [0, 0.1) is 0 Å². The molecule has 0 spiro atoms. The Morgan fingerprint density at radius 2 is 2.29 bits per heavy atom. The van der Waals surface area contributed by atoms with E-state index in [2.05, 4.69) is 9.40 Å². The Bertz CT molecular complexity index is 582. The van der Waals surface area contributed by atoms with Crippen molar-refractivity contribution in [2.75, 3.05) is 0 Å². The Balaban J connectivity index is 3.06. The van der Waals surface area contributed by atoms with Crippen LogP contribution in [-0.2, 0) is 6.54 Å². The molecule has 0 bridgehead atoms. The van der Waals surface area contributed by atoms with E-state index >= 15 is 0 Å². The van der Waals surface area contributed by atoms with Crippen molar-refractivity contribution in [1.82, 2.24) is 9.55 Å². The molecule has 0 fully saturated rings. The molecule has 0 atom stereocenters. The summed E-state index contributed by atoms with van der Waals surface area (Å²) in [4.78, 5) is 26.5. The second-order valence-corrected chi connectivity index (χ2v) is 2.77. The summed E-state index contributed by atoms with van der Waals surface area (Å²) >= 11 is 0. The van der Waals surface area contributed by atoms with Crippen molar-refractivity contribution in [1.29, 1.82) is 0 Å². The molecule has 0 unspecified atom stereocenters. The molecule has 0 aliphatic carbocycles. The van der Waals surface area contributed by atoms with Gasteiger partial charge in [0.15, 0.2) is 5.65 Å². The van der Waals surface area contributed by atoms with Crippen LogP contribution in [0.2, 0.25) is 0 Å². The molecule has 0 aromatic carbocycles. The quantitative estimate of drug-likeness (QED) is 0.654. The second kappa shape index (κ2) is 3.10. The molecule has 0 aliphatic heterocycles. The summed E-state index contributed by atoms with van der Waals surface area (Å²) in [5.74, 6) is -0.663. The van der Waals surface area contributed by atoms with Crippen LogP contribution in [0.5, 0.6) is 0 Å². The summed E-state index contributed by atoms with van der Waals surface area (Å²) in [6.45, 7) is 2.21. The lowest BCUT2D eigenvalue weighted by Crippen LogP contribution is -2.24. The van der Waals surface area contributed by atoms with E-state index in [0.29, 0.717) is 17.6 Å². The summed E-state index contributed by atoms with van der Waals surface area (Å²) in [5.41, 5.74) is -0.265. The number of pyridine rings is 1. The van der Waals surface area contributed by atoms with Gasteiger partial charge in [-0.15, -0.1) is 0 Å². The molecule has 0 N–H and O–H groups in total. The summed E-state index contributed by atoms with van der Waals surface area (Å²) in [7, 11) is 0. The van der Waals surface area contributed by atoms with E-state index in [9.17, 15) is 9.59 Å². The summed E-state index contributed by atoms with van der Waals surface area (Å²) in [6.07, 6.45) is 1.54. The maximum Gasteiger partial charge on any atom is 0.423 e. The van der Waals surface area contributed by atoms with Crippen LogP contribution < -0.4 is 11.4 Å². The molecule has 0 radical (unpaired) electrons. The van der Waals surface area contributed by atoms with E-state index in [1.54, 1.807) is 19.1 Å². The van der Waals surface area contributed by atoms with Gasteiger partial charge in [0.1, 0.15) is 5.39 Å². The molecule has 2 aromatic heterocycles. The van der Waals surface area contributed by atoms with Crippen LogP contribution in [0.3, 0.4) is 0 Å². The fraction of sp³-hybridized carbons (Fsp3) is 0.222. The van der Waals surface area contributed by atoms with Crippen molar-refractivity contribution in [3.05, 3.63) is 39.3 Å². The van der Waals surface area contributed by atoms with Gasteiger partial charge in [0.25, 0.3) is 0 Å². The highest BCUT2D eigenvalue weighted by atomic mass is 16.4. The number of hydrogen-bond donors (Lipinski definition) is 0. The number of aryl methyl sites for hydroxylation is 1. The average molecular weight is 192 g/mol. The van der Waals surface area contributed by atoms with E-state index in [1.165, 1.54) is 10.8 Å². The molecule has 0 amide bonds. The lowest BCUT2D eigenvalue weighted by molar-refractivity contribution is 0.420. The van der Waals surface area contributed by atoms with Crippen LogP contribution in [0.4, 0.5) is 0 Å². The molecular formula is C9H8N2O3. The van der Waals surface area contributed by atoms with Gasteiger partial charge < -0.3 is 4.42 Å². The fourth-order valence-electron chi connectivity index (χ4n) is 1.33. The first-order valence-electron chi connectivity index (χ1n) is 4.22. The molecule has 2 aromatic rings. The first-order chi connectivity index (χ1) is 6.74. The van der Waals surface area contributed by atoms with Gasteiger partial charge in [0.05, 0.1) is 0 Å². The van der Waals surface area contributed by atoms with Gasteiger partial charge in [-0.2, -0.15) is 0 Å². The largest absolute Gasteiger partial charge is 0.423 e. The molecule has 5 heteroatoms. The van der Waals surface area contributed by atoms with E-state index in [-0.39, 0.29) is 0 Å². The molecule has 0 saturated carbocycles. The van der Waals surface area contributed by atoms with E-state index in [1.807, 2.05) is 0 Å². The number of rotatable bonds is 1. The van der Waals surface area contributed by atoms with Gasteiger partial charge in [-0.1, -0.05) is 0 Å². The minimum atomic E-state index is -0.663. The van der Waals surface area contributed by atoms with Crippen molar-refractivity contribution in [2.24, 2.45) is 0 Å². The van der Waals surface area contributed by atoms with E-state index in [4.69, 9.17) is 0 Å². The van der Waals surface area contributed by atoms with Crippen molar-refractivity contribution < 1.29 is 4.42 Å². The van der Waals surface area contributed by atoms with Gasteiger partial charge in [0.2, 0.25) is 0 Å². The van der Waals surface area contributed by atoms with Crippen molar-refractivity contribution in [3.8, 4) is 0 Å². The van der Waals surface area contributed by atoms with Gasteiger partial charge in [-0.05, 0) is 19.1 Å². The van der Waals surface area contributed by atoms with E-state index in [0.717, 1.165) is 0 Å². The maximum absolute atomic E-state index is 11.2. The average Bonchev–Trinajstić information content (AvgIpc) is 2.18. The van der Waals surface area contributed by atoms with Gasteiger partial charge in [0, 0.05) is 12.7 Å². The van der Waals surface area contributed by atoms with Crippen LogP contribution in [0.25, 0.3) is 11.0 Å². The molecule has 0 aliphatic rings. The van der Waals surface area contributed by atoms with Crippen molar-refractivity contribution in [2.45, 2.75) is 13.5 Å². The van der Waals surface area contributed by atoms with Gasteiger partial charge in [-0.3, -0.25) is 4.57 Å². The molecule has 2 heterocycles. The third-order valence-electron chi connectivity index (χ3n) is 1.98. The maximum atomic E-state index is 11.2. The number of aromatic nitrogens is 2. The highest BCUT2D eigenvalue weighted by Gasteiger charge is 2.07. The smallest absolute Gasteiger partial charge is 0.372 e. The molecule has 0 saturated heterocycles.